The fraction of sp³-hybridized carbons (Fsp3) is 0.208. The molecular weight excluding hydrogens is 466 g/mol. The van der Waals surface area contributed by atoms with Crippen molar-refractivity contribution in [2.75, 3.05) is 0 Å². The SMILES string of the molecule is Cc1cc(C)cc(-c2c(C)c(C)cc3[cH-]c(-c4ccc(C)o4)cc23)c1.[Cl][Zr][Cl]. The van der Waals surface area contributed by atoms with E-state index in [1.54, 1.807) is 0 Å². The van der Waals surface area contributed by atoms with Crippen LogP contribution in [0.5, 0.6) is 0 Å². The van der Waals surface area contributed by atoms with Crippen molar-refractivity contribution in [1.29, 1.82) is 0 Å². The Morgan fingerprint density at radius 1 is 0.857 bits per heavy atom. The van der Waals surface area contributed by atoms with E-state index < -0.39 is 20.8 Å². The van der Waals surface area contributed by atoms with Gasteiger partial charge in [0.05, 0.1) is 11.5 Å². The second-order valence-electron chi connectivity index (χ2n) is 7.30. The fourth-order valence-corrected chi connectivity index (χ4v) is 3.83. The van der Waals surface area contributed by atoms with Gasteiger partial charge in [0.25, 0.3) is 0 Å². The van der Waals surface area contributed by atoms with Crippen molar-refractivity contribution in [3.05, 3.63) is 76.5 Å². The molecule has 4 heteroatoms. The Labute approximate surface area is 185 Å². The molecule has 0 aliphatic carbocycles. The molecule has 0 bridgehead atoms. The van der Waals surface area contributed by atoms with Crippen LogP contribution in [0.2, 0.25) is 0 Å². The van der Waals surface area contributed by atoms with Crippen molar-refractivity contribution in [2.24, 2.45) is 0 Å². The monoisotopic (exact) mass is 487 g/mol. The molecule has 0 amide bonds. The predicted octanol–water partition coefficient (Wildman–Crippen LogP) is 8.40. The molecule has 3 aromatic carbocycles. The third-order valence-corrected chi connectivity index (χ3v) is 5.06. The van der Waals surface area contributed by atoms with E-state index in [1.165, 1.54) is 44.2 Å². The summed E-state index contributed by atoms with van der Waals surface area (Å²) in [7, 11) is 9.87. The van der Waals surface area contributed by atoms with Gasteiger partial charge in [-0.1, -0.05) is 46.0 Å². The zero-order valence-electron chi connectivity index (χ0n) is 16.8. The number of benzene rings is 2. The summed E-state index contributed by atoms with van der Waals surface area (Å²) in [6.45, 7) is 10.7. The van der Waals surface area contributed by atoms with E-state index in [2.05, 4.69) is 70.2 Å². The Morgan fingerprint density at radius 3 is 2.07 bits per heavy atom. The first-order valence-corrected chi connectivity index (χ1v) is 15.5. The molecule has 0 fully saturated rings. The van der Waals surface area contributed by atoms with Gasteiger partial charge in [0, 0.05) is 0 Å². The normalized spacial score (nSPS) is 10.7. The maximum atomic E-state index is 5.84. The summed E-state index contributed by atoms with van der Waals surface area (Å²) in [4.78, 5) is 0. The van der Waals surface area contributed by atoms with E-state index in [0.29, 0.717) is 0 Å². The number of furan rings is 1. The van der Waals surface area contributed by atoms with Crippen LogP contribution in [0.4, 0.5) is 0 Å². The Morgan fingerprint density at radius 2 is 1.50 bits per heavy atom. The number of halogens is 2. The number of aryl methyl sites for hydroxylation is 4. The van der Waals surface area contributed by atoms with E-state index in [4.69, 9.17) is 21.4 Å². The molecule has 1 heterocycles. The third kappa shape index (κ3) is 4.51. The maximum absolute atomic E-state index is 5.84. The molecule has 0 aliphatic heterocycles. The minimum absolute atomic E-state index is 0.826. The molecule has 0 saturated carbocycles. The minimum atomic E-state index is -0.826. The molecule has 0 atom stereocenters. The molecule has 144 valence electrons. The van der Waals surface area contributed by atoms with Gasteiger partial charge >= 0.3 is 37.9 Å². The first-order chi connectivity index (χ1) is 13.3. The molecule has 0 spiro atoms. The molecule has 4 aromatic rings. The Balaban J connectivity index is 0.000000706. The number of fused-ring (bicyclic) bond motifs is 1. The zero-order valence-corrected chi connectivity index (χ0v) is 20.8. The Hall–Kier alpha value is -1.21. The van der Waals surface area contributed by atoms with Gasteiger partial charge < -0.3 is 4.42 Å². The number of hydrogen-bond donors (Lipinski definition) is 0. The molecule has 0 radical (unpaired) electrons. The van der Waals surface area contributed by atoms with Crippen LogP contribution in [0.3, 0.4) is 0 Å². The van der Waals surface area contributed by atoms with Crippen molar-refractivity contribution in [3.8, 4) is 22.5 Å². The second kappa shape index (κ2) is 9.08. The standard InChI is InChI=1S/C24H23O.2ClH.Zr/c1-14-8-15(2)10-21(9-14)24-18(5)16(3)11-19-12-20(13-22(19)24)23-7-6-17(4)25-23;;;/h6-13H,1-5H3;2*1H;/q-1;;;+2/p-2. The molecule has 28 heavy (non-hydrogen) atoms. The summed E-state index contributed by atoms with van der Waals surface area (Å²) >= 11 is -0.826. The summed E-state index contributed by atoms with van der Waals surface area (Å²) in [5.41, 5.74) is 9.08. The van der Waals surface area contributed by atoms with Crippen molar-refractivity contribution in [1.82, 2.24) is 0 Å². The van der Waals surface area contributed by atoms with Crippen LogP contribution in [0, 0.1) is 34.6 Å². The van der Waals surface area contributed by atoms with Crippen molar-refractivity contribution >= 4 is 27.8 Å². The van der Waals surface area contributed by atoms with Gasteiger partial charge in [-0.25, -0.2) is 0 Å². The van der Waals surface area contributed by atoms with Crippen LogP contribution in [-0.4, -0.2) is 0 Å². The van der Waals surface area contributed by atoms with Crippen LogP contribution < -0.4 is 0 Å². The van der Waals surface area contributed by atoms with Crippen LogP contribution in [0.25, 0.3) is 33.2 Å². The third-order valence-electron chi connectivity index (χ3n) is 5.06. The molecular formula is C24H23Cl2OZr-. The molecule has 0 unspecified atom stereocenters. The van der Waals surface area contributed by atoms with E-state index in [1.807, 2.05) is 13.0 Å². The van der Waals surface area contributed by atoms with Crippen LogP contribution >= 0.6 is 17.0 Å². The number of hydrogen-bond acceptors (Lipinski definition) is 1. The first kappa shape index (κ1) is 21.5. The molecule has 0 N–H and O–H groups in total. The van der Waals surface area contributed by atoms with Crippen molar-refractivity contribution < 1.29 is 25.3 Å². The average molecular weight is 490 g/mol. The van der Waals surface area contributed by atoms with Gasteiger partial charge in [-0.2, -0.15) is 0 Å². The van der Waals surface area contributed by atoms with Crippen molar-refractivity contribution in [2.45, 2.75) is 34.6 Å². The Kier molecular flexibility index (Phi) is 6.97. The molecule has 0 saturated heterocycles. The van der Waals surface area contributed by atoms with Gasteiger partial charge in [0.1, 0.15) is 0 Å². The molecule has 1 aromatic heterocycles. The van der Waals surface area contributed by atoms with Crippen LogP contribution in [0.15, 0.2) is 52.9 Å². The van der Waals surface area contributed by atoms with E-state index in [0.717, 1.165) is 17.1 Å². The number of rotatable bonds is 2. The van der Waals surface area contributed by atoms with Gasteiger partial charge in [-0.3, -0.25) is 0 Å². The second-order valence-corrected chi connectivity index (χ2v) is 11.0. The Bertz CT molecular complexity index is 1100. The quantitative estimate of drug-likeness (QED) is 0.258. The van der Waals surface area contributed by atoms with Crippen molar-refractivity contribution in [3.63, 3.8) is 0 Å². The predicted molar refractivity (Wildman–Crippen MR) is 118 cm³/mol. The average Bonchev–Trinajstić information content (AvgIpc) is 3.21. The fourth-order valence-electron chi connectivity index (χ4n) is 3.83. The molecule has 1 nitrogen and oxygen atoms in total. The zero-order chi connectivity index (χ0) is 20.4. The van der Waals surface area contributed by atoms with Gasteiger partial charge in [-0.15, -0.1) is 29.0 Å². The van der Waals surface area contributed by atoms with Gasteiger partial charge in [0.15, 0.2) is 0 Å². The summed E-state index contributed by atoms with van der Waals surface area (Å²) in [6, 6.07) is 17.7. The van der Waals surface area contributed by atoms with Gasteiger partial charge in [-0.05, 0) is 57.9 Å². The molecule has 4 rings (SSSR count). The van der Waals surface area contributed by atoms with Gasteiger partial charge in [0.2, 0.25) is 0 Å². The van der Waals surface area contributed by atoms with E-state index in [-0.39, 0.29) is 0 Å². The summed E-state index contributed by atoms with van der Waals surface area (Å²) in [5, 5.41) is 2.58. The summed E-state index contributed by atoms with van der Waals surface area (Å²) < 4.78 is 5.84. The first-order valence-electron chi connectivity index (χ1n) is 9.16. The van der Waals surface area contributed by atoms with E-state index in [9.17, 15) is 0 Å². The summed E-state index contributed by atoms with van der Waals surface area (Å²) in [6.07, 6.45) is 0. The van der Waals surface area contributed by atoms with E-state index >= 15 is 0 Å². The van der Waals surface area contributed by atoms with Crippen LogP contribution in [0.1, 0.15) is 28.0 Å². The van der Waals surface area contributed by atoms with Crippen LogP contribution in [-0.2, 0) is 20.8 Å². The topological polar surface area (TPSA) is 13.1 Å². The molecule has 0 aliphatic rings. The summed E-state index contributed by atoms with van der Waals surface area (Å²) in [5.74, 6) is 1.89.